The summed E-state index contributed by atoms with van der Waals surface area (Å²) >= 11 is 0. The van der Waals surface area contributed by atoms with Gasteiger partial charge in [-0.25, -0.2) is 4.79 Å². The molecule has 11 heteroatoms. The lowest BCUT2D eigenvalue weighted by atomic mass is 9.94. The van der Waals surface area contributed by atoms with Crippen LogP contribution in [-0.4, -0.2) is 118 Å². The summed E-state index contributed by atoms with van der Waals surface area (Å²) in [6, 6.07) is 5.56. The van der Waals surface area contributed by atoms with Crippen molar-refractivity contribution in [1.82, 2.24) is 20.0 Å². The molecule has 2 atom stereocenters. The summed E-state index contributed by atoms with van der Waals surface area (Å²) in [6.07, 6.45) is 4.22. The fraction of sp³-hybridized carbons (Fsp3) is 0.727. The van der Waals surface area contributed by atoms with Crippen LogP contribution in [0.2, 0.25) is 0 Å². The molecule has 2 aliphatic heterocycles. The van der Waals surface area contributed by atoms with Gasteiger partial charge >= 0.3 is 6.09 Å². The van der Waals surface area contributed by atoms with Crippen molar-refractivity contribution < 1.29 is 33.3 Å². The number of hydrogen-bond acceptors (Lipinski definition) is 8. The molecule has 1 saturated carbocycles. The van der Waals surface area contributed by atoms with Crippen LogP contribution in [0, 0.1) is 17.8 Å². The summed E-state index contributed by atoms with van der Waals surface area (Å²) in [4.78, 5) is 44.5. The van der Waals surface area contributed by atoms with Gasteiger partial charge in [0.1, 0.15) is 0 Å². The highest BCUT2D eigenvalue weighted by atomic mass is 16.6. The van der Waals surface area contributed by atoms with E-state index in [1.807, 2.05) is 28.5 Å². The maximum absolute atomic E-state index is 13.8. The quantitative estimate of drug-likeness (QED) is 0.298. The first-order chi connectivity index (χ1) is 21.2. The lowest BCUT2D eigenvalue weighted by Crippen LogP contribution is -2.45. The number of methoxy groups -OCH3 is 2. The highest BCUT2D eigenvalue weighted by Crippen LogP contribution is 2.32. The Hall–Kier alpha value is -3.05. The van der Waals surface area contributed by atoms with Crippen molar-refractivity contribution in [3.05, 3.63) is 23.8 Å². The molecule has 11 nitrogen and oxygen atoms in total. The number of hydrogen-bond donors (Lipinski definition) is 1. The molecule has 2 heterocycles. The highest BCUT2D eigenvalue weighted by molar-refractivity contribution is 5.95. The first-order valence-electron chi connectivity index (χ1n) is 16.2. The molecule has 4 rings (SSSR count). The van der Waals surface area contributed by atoms with Crippen molar-refractivity contribution in [1.29, 1.82) is 0 Å². The van der Waals surface area contributed by atoms with E-state index in [0.29, 0.717) is 50.0 Å². The van der Waals surface area contributed by atoms with E-state index >= 15 is 0 Å². The fourth-order valence-corrected chi connectivity index (χ4v) is 6.17. The van der Waals surface area contributed by atoms with Crippen LogP contribution in [-0.2, 0) is 14.3 Å². The number of benzene rings is 1. The number of likely N-dealkylation sites (tertiary alicyclic amines) is 1. The topological polar surface area (TPSA) is 110 Å². The molecular formula is C33H52N4O7. The second-order valence-electron chi connectivity index (χ2n) is 12.7. The zero-order valence-electron chi connectivity index (χ0n) is 27.2. The van der Waals surface area contributed by atoms with E-state index in [4.69, 9.17) is 18.9 Å². The van der Waals surface area contributed by atoms with Gasteiger partial charge < -0.3 is 39.0 Å². The molecule has 1 aromatic carbocycles. The summed E-state index contributed by atoms with van der Waals surface area (Å²) in [5.41, 5.74) is 0.557. The van der Waals surface area contributed by atoms with Crippen molar-refractivity contribution in [3.63, 3.8) is 0 Å². The summed E-state index contributed by atoms with van der Waals surface area (Å²) in [5, 5.41) is 3.51. The van der Waals surface area contributed by atoms with E-state index in [1.165, 1.54) is 0 Å². The van der Waals surface area contributed by atoms with Gasteiger partial charge in [-0.15, -0.1) is 0 Å². The summed E-state index contributed by atoms with van der Waals surface area (Å²) in [7, 11) is 3.25. The van der Waals surface area contributed by atoms with E-state index in [2.05, 4.69) is 5.32 Å². The molecule has 0 radical (unpaired) electrons. The monoisotopic (exact) mass is 616 g/mol. The zero-order chi connectivity index (χ0) is 31.6. The van der Waals surface area contributed by atoms with Crippen molar-refractivity contribution in [3.8, 4) is 11.5 Å². The predicted molar refractivity (Wildman–Crippen MR) is 167 cm³/mol. The molecule has 0 spiro atoms. The first-order valence-corrected chi connectivity index (χ1v) is 16.2. The van der Waals surface area contributed by atoms with Crippen molar-refractivity contribution in [2.24, 2.45) is 17.8 Å². The normalized spacial score (nSPS) is 20.5. The molecule has 3 amide bonds. The number of amides is 3. The van der Waals surface area contributed by atoms with Crippen LogP contribution in [0.5, 0.6) is 11.5 Å². The molecule has 44 heavy (non-hydrogen) atoms. The molecule has 3 aliphatic rings. The van der Waals surface area contributed by atoms with Crippen LogP contribution in [0.4, 0.5) is 4.79 Å². The molecule has 0 aromatic heterocycles. The lowest BCUT2D eigenvalue weighted by Gasteiger charge is -2.34. The third-order valence-electron chi connectivity index (χ3n) is 9.11. The number of carbonyl (C=O) groups excluding carboxylic acids is 3. The van der Waals surface area contributed by atoms with Gasteiger partial charge in [-0.05, 0) is 75.5 Å². The standard InChI is InChI=1S/C33H52N4O7/c1-23(2)36(32(39)26-7-10-30(42-5)31(17-26)43-16-6-15-41-4)20-27-18-34-19-28(27)21-37(29-8-9-29)33(40)44-22-25-11-13-35(14-12-25)24(3)38/h7,10,17,23,25,27-29,34H,6,8-9,11-16,18-22H2,1-5H3/t27-,28?/m0/s1. The van der Waals surface area contributed by atoms with Gasteiger partial charge in [-0.3, -0.25) is 9.59 Å². The second-order valence-corrected chi connectivity index (χ2v) is 12.7. The predicted octanol–water partition coefficient (Wildman–Crippen LogP) is 3.66. The SMILES string of the molecule is COCCCOc1cc(C(=O)N(C[C@@H]2CNCC2CN(C(=O)OCC2CCN(C(C)=O)CC2)C2CC2)C(C)C)ccc1OC. The van der Waals surface area contributed by atoms with Crippen LogP contribution in [0.15, 0.2) is 18.2 Å². The van der Waals surface area contributed by atoms with E-state index in [1.54, 1.807) is 39.3 Å². The maximum Gasteiger partial charge on any atom is 0.410 e. The molecule has 3 fully saturated rings. The number of nitrogens with zero attached hydrogens (tertiary/aromatic N) is 3. The van der Waals surface area contributed by atoms with Gasteiger partial charge in [0, 0.05) is 84.0 Å². The Kier molecular flexibility index (Phi) is 12.5. The number of ether oxygens (including phenoxy) is 4. The Labute approximate surface area is 262 Å². The van der Waals surface area contributed by atoms with Crippen LogP contribution < -0.4 is 14.8 Å². The van der Waals surface area contributed by atoms with Gasteiger partial charge in [-0.1, -0.05) is 0 Å². The minimum atomic E-state index is -0.236. The number of carbonyl (C=O) groups is 3. The Balaban J connectivity index is 1.35. The summed E-state index contributed by atoms with van der Waals surface area (Å²) in [5.74, 6) is 1.89. The van der Waals surface area contributed by atoms with E-state index in [9.17, 15) is 14.4 Å². The Morgan fingerprint density at radius 2 is 1.68 bits per heavy atom. The maximum atomic E-state index is 13.8. The van der Waals surface area contributed by atoms with Gasteiger partial charge in [0.15, 0.2) is 11.5 Å². The molecular weight excluding hydrogens is 564 g/mol. The van der Waals surface area contributed by atoms with E-state index in [0.717, 1.165) is 58.3 Å². The number of rotatable bonds is 15. The Bertz CT molecular complexity index is 1100. The van der Waals surface area contributed by atoms with Gasteiger partial charge in [-0.2, -0.15) is 0 Å². The molecule has 1 unspecified atom stereocenters. The molecule has 1 aliphatic carbocycles. The number of nitrogens with one attached hydrogen (secondary N) is 1. The minimum absolute atomic E-state index is 0.00385. The van der Waals surface area contributed by atoms with Crippen LogP contribution in [0.25, 0.3) is 0 Å². The second kappa shape index (κ2) is 16.3. The lowest BCUT2D eigenvalue weighted by molar-refractivity contribution is -0.130. The third-order valence-corrected chi connectivity index (χ3v) is 9.11. The van der Waals surface area contributed by atoms with Crippen LogP contribution in [0.3, 0.4) is 0 Å². The van der Waals surface area contributed by atoms with Crippen molar-refractivity contribution in [2.45, 2.75) is 65.0 Å². The van der Waals surface area contributed by atoms with Crippen molar-refractivity contribution >= 4 is 17.9 Å². The van der Waals surface area contributed by atoms with E-state index < -0.39 is 0 Å². The van der Waals surface area contributed by atoms with Gasteiger partial charge in [0.25, 0.3) is 5.91 Å². The molecule has 246 valence electrons. The Morgan fingerprint density at radius 1 is 0.977 bits per heavy atom. The Morgan fingerprint density at radius 3 is 2.30 bits per heavy atom. The molecule has 0 bridgehead atoms. The third kappa shape index (κ3) is 9.23. The number of piperidine rings is 1. The van der Waals surface area contributed by atoms with Crippen LogP contribution in [0.1, 0.15) is 63.2 Å². The average molecular weight is 617 g/mol. The van der Waals surface area contributed by atoms with Crippen LogP contribution >= 0.6 is 0 Å². The molecule has 1 N–H and O–H groups in total. The van der Waals surface area contributed by atoms with Gasteiger partial charge in [0.2, 0.25) is 5.91 Å². The molecule has 1 aromatic rings. The minimum Gasteiger partial charge on any atom is -0.493 e. The molecule has 2 saturated heterocycles. The zero-order valence-corrected chi connectivity index (χ0v) is 27.2. The van der Waals surface area contributed by atoms with E-state index in [-0.39, 0.29) is 47.7 Å². The van der Waals surface area contributed by atoms with Crippen molar-refractivity contribution in [2.75, 3.05) is 73.3 Å². The summed E-state index contributed by atoms with van der Waals surface area (Å²) < 4.78 is 22.3. The smallest absolute Gasteiger partial charge is 0.410 e. The largest absolute Gasteiger partial charge is 0.493 e. The average Bonchev–Trinajstić information content (AvgIpc) is 3.77. The van der Waals surface area contributed by atoms with Gasteiger partial charge in [0.05, 0.1) is 20.3 Å². The first kappa shape index (κ1) is 33.8. The summed E-state index contributed by atoms with van der Waals surface area (Å²) in [6.45, 7) is 11.4. The highest BCUT2D eigenvalue weighted by Gasteiger charge is 2.39. The fourth-order valence-electron chi connectivity index (χ4n) is 6.17.